The van der Waals surface area contributed by atoms with Gasteiger partial charge in [-0.05, 0) is 18.6 Å². The molecule has 136 valence electrons. The highest BCUT2D eigenvalue weighted by molar-refractivity contribution is 6.32. The third-order valence-corrected chi connectivity index (χ3v) is 3.71. The monoisotopic (exact) mass is 380 g/mol. The van der Waals surface area contributed by atoms with Crippen molar-refractivity contribution in [3.8, 4) is 11.5 Å². The molecule has 0 heterocycles. The smallest absolute Gasteiger partial charge is 0.301 e. The lowest BCUT2D eigenvalue weighted by molar-refractivity contribution is -0.393. The predicted molar refractivity (Wildman–Crippen MR) is 95.0 cm³/mol. The molecule has 0 radical (unpaired) electrons. The Hall–Kier alpha value is -3.40. The van der Waals surface area contributed by atoms with Crippen molar-refractivity contribution in [1.29, 1.82) is 0 Å². The SMILES string of the molecule is CCC(=NNc1ccc([N+](=O)[O-])cc1[N+](=O)[O-])c1cc(Cl)c(O)cc1O. The van der Waals surface area contributed by atoms with Gasteiger partial charge in [0.05, 0.1) is 26.6 Å². The molecule has 2 rings (SSSR count). The summed E-state index contributed by atoms with van der Waals surface area (Å²) >= 11 is 5.83. The van der Waals surface area contributed by atoms with Crippen LogP contribution in [0.5, 0.6) is 11.5 Å². The summed E-state index contributed by atoms with van der Waals surface area (Å²) in [5.41, 5.74) is 2.00. The van der Waals surface area contributed by atoms with Crippen LogP contribution in [0, 0.1) is 20.2 Å². The van der Waals surface area contributed by atoms with Crippen LogP contribution >= 0.6 is 11.6 Å². The van der Waals surface area contributed by atoms with Gasteiger partial charge in [-0.15, -0.1) is 0 Å². The molecule has 0 aliphatic rings. The number of nitrogens with zero attached hydrogens (tertiary/aromatic N) is 3. The zero-order valence-electron chi connectivity index (χ0n) is 13.3. The van der Waals surface area contributed by atoms with E-state index in [0.29, 0.717) is 12.1 Å². The van der Waals surface area contributed by atoms with E-state index in [1.165, 1.54) is 6.07 Å². The zero-order valence-corrected chi connectivity index (χ0v) is 14.1. The molecule has 0 atom stereocenters. The van der Waals surface area contributed by atoms with Crippen molar-refractivity contribution < 1.29 is 20.1 Å². The molecule has 0 saturated heterocycles. The number of hydrazone groups is 1. The van der Waals surface area contributed by atoms with Gasteiger partial charge in [0.15, 0.2) is 0 Å². The normalized spacial score (nSPS) is 11.2. The number of benzene rings is 2. The number of non-ortho nitro benzene ring substituents is 1. The number of anilines is 1. The van der Waals surface area contributed by atoms with Crippen LogP contribution in [0.25, 0.3) is 0 Å². The number of halogens is 1. The molecule has 0 unspecified atom stereocenters. The molecule has 2 aromatic carbocycles. The quantitative estimate of drug-likeness (QED) is 0.391. The lowest BCUT2D eigenvalue weighted by Crippen LogP contribution is -2.05. The molecule has 3 N–H and O–H groups in total. The van der Waals surface area contributed by atoms with E-state index in [1.54, 1.807) is 6.92 Å². The Balaban J connectivity index is 2.42. The van der Waals surface area contributed by atoms with Crippen molar-refractivity contribution in [2.75, 3.05) is 5.43 Å². The summed E-state index contributed by atoms with van der Waals surface area (Å²) in [7, 11) is 0. The molecular formula is C15H13ClN4O6. The first-order valence-corrected chi connectivity index (χ1v) is 7.59. The molecule has 2 aromatic rings. The van der Waals surface area contributed by atoms with Crippen LogP contribution < -0.4 is 5.43 Å². The van der Waals surface area contributed by atoms with E-state index < -0.39 is 21.2 Å². The summed E-state index contributed by atoms with van der Waals surface area (Å²) in [5, 5.41) is 45.3. The van der Waals surface area contributed by atoms with Gasteiger partial charge < -0.3 is 10.2 Å². The van der Waals surface area contributed by atoms with Gasteiger partial charge >= 0.3 is 5.69 Å². The number of aromatic hydroxyl groups is 2. The number of nitro benzene ring substituents is 2. The molecule has 0 aliphatic carbocycles. The highest BCUT2D eigenvalue weighted by Crippen LogP contribution is 2.32. The second kappa shape index (κ2) is 7.66. The maximum absolute atomic E-state index is 11.1. The Morgan fingerprint density at radius 1 is 1.15 bits per heavy atom. The molecule has 11 heteroatoms. The largest absolute Gasteiger partial charge is 0.507 e. The van der Waals surface area contributed by atoms with Gasteiger partial charge in [0.1, 0.15) is 17.2 Å². The van der Waals surface area contributed by atoms with Crippen LogP contribution in [-0.4, -0.2) is 25.8 Å². The highest BCUT2D eigenvalue weighted by Gasteiger charge is 2.20. The van der Waals surface area contributed by atoms with E-state index >= 15 is 0 Å². The first kappa shape index (κ1) is 18.9. The Morgan fingerprint density at radius 3 is 2.42 bits per heavy atom. The standard InChI is InChI=1S/C15H13ClN4O6/c1-2-11(9-6-10(16)15(22)7-14(9)21)17-18-12-4-3-8(19(23)24)5-13(12)20(25)26/h3-7,18,21-22H,2H2,1H3. The molecular weight excluding hydrogens is 368 g/mol. The fraction of sp³-hybridized carbons (Fsp3) is 0.133. The van der Waals surface area contributed by atoms with Crippen molar-refractivity contribution in [3.63, 3.8) is 0 Å². The summed E-state index contributed by atoms with van der Waals surface area (Å²) in [6.07, 6.45) is 0.322. The molecule has 0 bridgehead atoms. The van der Waals surface area contributed by atoms with Gasteiger partial charge in [-0.3, -0.25) is 25.7 Å². The first-order chi connectivity index (χ1) is 12.2. The second-order valence-corrected chi connectivity index (χ2v) is 5.47. The van der Waals surface area contributed by atoms with Crippen molar-refractivity contribution >= 4 is 34.4 Å². The molecule has 0 saturated carbocycles. The minimum absolute atomic E-state index is 0.000247. The highest BCUT2D eigenvalue weighted by atomic mass is 35.5. The van der Waals surface area contributed by atoms with Crippen LogP contribution in [0.4, 0.5) is 17.1 Å². The van der Waals surface area contributed by atoms with Crippen molar-refractivity contribution in [3.05, 3.63) is 61.1 Å². The maximum atomic E-state index is 11.1. The van der Waals surface area contributed by atoms with E-state index in [4.69, 9.17) is 11.6 Å². The number of hydrogen-bond donors (Lipinski definition) is 3. The topological polar surface area (TPSA) is 151 Å². The average molecular weight is 381 g/mol. The van der Waals surface area contributed by atoms with Crippen LogP contribution in [0.15, 0.2) is 35.4 Å². The number of phenolic OH excluding ortho intramolecular Hbond substituents is 2. The average Bonchev–Trinajstić information content (AvgIpc) is 2.59. The van der Waals surface area contributed by atoms with E-state index in [-0.39, 0.29) is 27.8 Å². The fourth-order valence-electron chi connectivity index (χ4n) is 2.12. The Bertz CT molecular complexity index is 915. The fourth-order valence-corrected chi connectivity index (χ4v) is 2.28. The van der Waals surface area contributed by atoms with E-state index in [0.717, 1.165) is 24.3 Å². The second-order valence-electron chi connectivity index (χ2n) is 5.06. The molecule has 0 amide bonds. The van der Waals surface area contributed by atoms with Gasteiger partial charge in [0.25, 0.3) is 5.69 Å². The number of phenols is 2. The van der Waals surface area contributed by atoms with Gasteiger partial charge in [0.2, 0.25) is 0 Å². The molecule has 10 nitrogen and oxygen atoms in total. The molecule has 26 heavy (non-hydrogen) atoms. The predicted octanol–water partition coefficient (Wildman–Crippen LogP) is 3.79. The van der Waals surface area contributed by atoms with Gasteiger partial charge in [-0.1, -0.05) is 18.5 Å². The number of nitro groups is 2. The van der Waals surface area contributed by atoms with Crippen LogP contribution in [0.2, 0.25) is 5.02 Å². The lowest BCUT2D eigenvalue weighted by atomic mass is 10.1. The lowest BCUT2D eigenvalue weighted by Gasteiger charge is -2.09. The summed E-state index contributed by atoms with van der Waals surface area (Å²) in [4.78, 5) is 20.4. The number of rotatable bonds is 6. The van der Waals surface area contributed by atoms with E-state index in [1.807, 2.05) is 0 Å². The zero-order chi connectivity index (χ0) is 19.4. The van der Waals surface area contributed by atoms with Crippen molar-refractivity contribution in [2.24, 2.45) is 5.10 Å². The van der Waals surface area contributed by atoms with Gasteiger partial charge in [-0.25, -0.2) is 0 Å². The van der Waals surface area contributed by atoms with Crippen molar-refractivity contribution in [1.82, 2.24) is 0 Å². The summed E-state index contributed by atoms with van der Waals surface area (Å²) in [6.45, 7) is 1.73. The van der Waals surface area contributed by atoms with Crippen LogP contribution in [-0.2, 0) is 0 Å². The molecule has 0 fully saturated rings. The third-order valence-electron chi connectivity index (χ3n) is 3.41. The molecule has 0 spiro atoms. The van der Waals surface area contributed by atoms with Gasteiger partial charge in [-0.2, -0.15) is 5.10 Å². The van der Waals surface area contributed by atoms with Crippen LogP contribution in [0.3, 0.4) is 0 Å². The third kappa shape index (κ3) is 3.98. The Morgan fingerprint density at radius 2 is 1.85 bits per heavy atom. The Kier molecular flexibility index (Phi) is 5.58. The van der Waals surface area contributed by atoms with E-state index in [2.05, 4.69) is 10.5 Å². The van der Waals surface area contributed by atoms with Gasteiger partial charge in [0, 0.05) is 17.7 Å². The van der Waals surface area contributed by atoms with Crippen molar-refractivity contribution in [2.45, 2.75) is 13.3 Å². The van der Waals surface area contributed by atoms with E-state index in [9.17, 15) is 30.4 Å². The maximum Gasteiger partial charge on any atom is 0.301 e. The molecule has 0 aromatic heterocycles. The first-order valence-electron chi connectivity index (χ1n) is 7.21. The summed E-state index contributed by atoms with van der Waals surface area (Å²) < 4.78 is 0. The number of hydrogen-bond acceptors (Lipinski definition) is 8. The summed E-state index contributed by atoms with van der Waals surface area (Å²) in [5.74, 6) is -0.574. The minimum Gasteiger partial charge on any atom is -0.507 e. The minimum atomic E-state index is -0.772. The van der Waals surface area contributed by atoms with Crippen LogP contribution in [0.1, 0.15) is 18.9 Å². The summed E-state index contributed by atoms with van der Waals surface area (Å²) in [6, 6.07) is 5.44. The molecule has 0 aliphatic heterocycles. The Labute approximate surface area is 151 Å². The number of nitrogens with one attached hydrogen (secondary N) is 1.